The fourth-order valence-corrected chi connectivity index (χ4v) is 21.0. The van der Waals surface area contributed by atoms with Gasteiger partial charge in [-0.2, -0.15) is 0 Å². The molecule has 0 unspecified atom stereocenters. The van der Waals surface area contributed by atoms with E-state index in [2.05, 4.69) is 71.2 Å². The van der Waals surface area contributed by atoms with Gasteiger partial charge >= 0.3 is 11.9 Å². The van der Waals surface area contributed by atoms with E-state index >= 15 is 9.59 Å². The van der Waals surface area contributed by atoms with Crippen LogP contribution in [-0.2, 0) is 28.7 Å². The second-order valence-electron chi connectivity index (χ2n) is 26.2. The molecule has 9 aliphatic carbocycles. The fraction of sp³-hybridized carbons (Fsp3) is 0.662. The summed E-state index contributed by atoms with van der Waals surface area (Å²) in [5.41, 5.74) is 3.14. The highest BCUT2D eigenvalue weighted by Gasteiger charge is 2.69. The Morgan fingerprint density at radius 1 is 0.875 bits per heavy atom. The first-order chi connectivity index (χ1) is 39.0. The summed E-state index contributed by atoms with van der Waals surface area (Å²) in [5, 5.41) is 44.4. The van der Waals surface area contributed by atoms with Gasteiger partial charge in [0.15, 0.2) is 0 Å². The predicted octanol–water partition coefficient (Wildman–Crippen LogP) is 9.04. The Morgan fingerprint density at radius 2 is 1.70 bits per heavy atom. The number of allylic oxidation sites excluding steroid dienone is 7. The third-order valence-electron chi connectivity index (χ3n) is 22.2. The van der Waals surface area contributed by atoms with Gasteiger partial charge in [-0.25, -0.2) is 9.59 Å². The predicted molar refractivity (Wildman–Crippen MR) is 308 cm³/mol. The second kappa shape index (κ2) is 22.7. The molecule has 15 atom stereocenters. The normalized spacial score (nSPS) is 39.8. The van der Waals surface area contributed by atoms with Gasteiger partial charge in [-0.3, -0.25) is 14.5 Å². The molecule has 0 aromatic carbocycles. The first kappa shape index (κ1) is 54.9. The zero-order valence-corrected chi connectivity index (χ0v) is 48.1. The second-order valence-corrected chi connectivity index (χ2v) is 28.7. The van der Waals surface area contributed by atoms with Crippen LogP contribution < -0.4 is 16.0 Å². The lowest BCUT2D eigenvalue weighted by atomic mass is 9.43. The van der Waals surface area contributed by atoms with Crippen LogP contribution in [0.4, 0.5) is 0 Å². The maximum atomic E-state index is 15.7. The number of fused-ring (bicyclic) bond motifs is 4. The Labute approximate surface area is 480 Å². The van der Waals surface area contributed by atoms with E-state index in [-0.39, 0.29) is 113 Å². The van der Waals surface area contributed by atoms with Crippen molar-refractivity contribution < 1.29 is 44.0 Å². The number of esters is 2. The van der Waals surface area contributed by atoms with Crippen molar-refractivity contribution in [3.63, 3.8) is 0 Å². The zero-order valence-electron chi connectivity index (χ0n) is 46.5. The number of aliphatic hydroxyl groups is 3. The first-order valence-corrected chi connectivity index (χ1v) is 33.3. The lowest BCUT2D eigenvalue weighted by molar-refractivity contribution is -0.138. The Morgan fingerprint density at radius 3 is 2.49 bits per heavy atom. The summed E-state index contributed by atoms with van der Waals surface area (Å²) < 4.78 is 13.5. The summed E-state index contributed by atoms with van der Waals surface area (Å²) in [7, 11) is 3.55. The number of rotatable bonds is 11. The highest BCUT2D eigenvalue weighted by atomic mass is 33.1. The number of hydrogen-bond acceptors (Lipinski definition) is 14. The molecule has 14 rings (SSSR count). The van der Waals surface area contributed by atoms with Crippen molar-refractivity contribution in [3.05, 3.63) is 93.8 Å². The number of hydrogen-bond donors (Lipinski definition) is 6. The summed E-state index contributed by atoms with van der Waals surface area (Å²) in [6, 6.07) is 0. The van der Waals surface area contributed by atoms with Gasteiger partial charge in [0.2, 0.25) is 0 Å². The van der Waals surface area contributed by atoms with E-state index in [9.17, 15) is 24.9 Å². The molecule has 13 nitrogen and oxygen atoms in total. The maximum Gasteiger partial charge on any atom is 0.340 e. The van der Waals surface area contributed by atoms with Crippen molar-refractivity contribution in [2.45, 2.75) is 140 Å². The fourth-order valence-electron chi connectivity index (χ4n) is 18.5. The van der Waals surface area contributed by atoms with Crippen LogP contribution in [-0.4, -0.2) is 94.2 Å². The van der Waals surface area contributed by atoms with Crippen molar-refractivity contribution in [3.8, 4) is 11.8 Å². The van der Waals surface area contributed by atoms with Crippen molar-refractivity contribution in [2.24, 2.45) is 87.8 Å². The van der Waals surface area contributed by atoms with E-state index in [0.717, 1.165) is 112 Å². The third-order valence-corrected chi connectivity index (χ3v) is 24.7. The Balaban J connectivity index is 0.980. The zero-order chi connectivity index (χ0) is 54.9. The molecule has 2 amide bonds. The minimum absolute atomic E-state index is 0.0228. The van der Waals surface area contributed by atoms with Gasteiger partial charge < -0.3 is 40.7 Å². The number of aliphatic hydroxyl groups excluding tert-OH is 3. The van der Waals surface area contributed by atoms with Crippen molar-refractivity contribution in [1.29, 1.82) is 0 Å². The molecule has 10 bridgehead atoms. The summed E-state index contributed by atoms with van der Waals surface area (Å²) in [6.45, 7) is 3.31. The minimum atomic E-state index is -1.01. The van der Waals surface area contributed by atoms with Gasteiger partial charge in [-0.05, 0) is 178 Å². The summed E-state index contributed by atoms with van der Waals surface area (Å²) in [5.74, 6) is 8.43. The van der Waals surface area contributed by atoms with Crippen LogP contribution in [0.3, 0.4) is 0 Å². The number of dihydropyridines is 1. The van der Waals surface area contributed by atoms with E-state index in [0.29, 0.717) is 73.2 Å². The summed E-state index contributed by atoms with van der Waals surface area (Å²) in [6.07, 6.45) is 33.6. The minimum Gasteiger partial charge on any atom is -0.427 e. The largest absolute Gasteiger partial charge is 0.427 e. The SMILES string of the molecule is CCC1(/C=C2\OC(=O)C3=C2CC[C@H]2[C@@H]4CC[C@@]5(C6=C4[C@@H](CN4C(=O)C=CC4=O)C4=CCNC(=C4)NCSS[C@H](NC[C@H](O)C4CCCCC4)[C@H]([C@@H]4[C@@H]7C[C@H]8C[C@@H](CO)C[C@H](CO)C#C[C@@H]7C=C[C@@H]4C8)C/C=C/5OC6=O)[C@@H]32)CCCC1. The number of carbonyl (C=O) groups excluding carboxylic acids is 4. The van der Waals surface area contributed by atoms with Crippen LogP contribution in [0, 0.1) is 99.6 Å². The number of nitrogens with one attached hydrogen (secondary N) is 3. The Hall–Kier alpha value is -4.30. The number of imide groups is 1. The first-order valence-electron chi connectivity index (χ1n) is 30.9. The number of amides is 2. The van der Waals surface area contributed by atoms with Gasteiger partial charge in [0.25, 0.3) is 11.8 Å². The number of nitrogens with zero attached hydrogens (tertiary/aromatic N) is 1. The lowest BCUT2D eigenvalue weighted by Gasteiger charge is -2.57. The van der Waals surface area contributed by atoms with Gasteiger partial charge in [0, 0.05) is 73.2 Å². The van der Waals surface area contributed by atoms with E-state index in [1.165, 1.54) is 23.5 Å². The average molecular weight is 1130 g/mol. The smallest absolute Gasteiger partial charge is 0.340 e. The van der Waals surface area contributed by atoms with Crippen LogP contribution in [0.1, 0.15) is 129 Å². The molecule has 0 radical (unpaired) electrons. The molecule has 4 saturated carbocycles. The number of ether oxygens (including phenoxy) is 2. The van der Waals surface area contributed by atoms with Gasteiger partial charge in [0.1, 0.15) is 11.5 Å². The Kier molecular flexibility index (Phi) is 15.6. The molecule has 5 fully saturated rings. The molecule has 5 heterocycles. The van der Waals surface area contributed by atoms with Gasteiger partial charge in [-0.1, -0.05) is 90.7 Å². The van der Waals surface area contributed by atoms with Crippen LogP contribution in [0.25, 0.3) is 0 Å². The van der Waals surface area contributed by atoms with Crippen molar-refractivity contribution in [1.82, 2.24) is 20.9 Å². The van der Waals surface area contributed by atoms with Crippen LogP contribution in [0.2, 0.25) is 0 Å². The standard InChI is InChI=1S/C65H82N4O9S2/c1-2-64(22-6-7-23-64)31-51-46-15-14-45-44-20-24-65(59(45)58(46)62(75)77-51)52-17-16-47(56-43-13-12-40-11-10-37(34-70)26-39(35-71)27-38(28-43)29-48(40)56)61(67-32-50(72)41-8-4-3-5-9-41)80-79-36-68-53-30-42(21-25-66-53)49(57(44)60(65)63(76)78-52)33-69-54(73)18-19-55(69)74/h12-13,17-19,21,30-31,37-41,43-45,47-50,56,59,61,66-68,70-72H,2-9,14-16,20,22-29,32-36H2,1H3/b51-31-,52-17-/t37-,38+,39+,40-,43-,44+,45+,47+,48-,49+,50+,56-,59-,61+,65+/m1/s1. The maximum absolute atomic E-state index is 15.7. The highest BCUT2D eigenvalue weighted by molar-refractivity contribution is 8.76. The van der Waals surface area contributed by atoms with E-state index < -0.39 is 23.4 Å². The number of carbonyl (C=O) groups is 4. The molecule has 0 aromatic rings. The highest BCUT2D eigenvalue weighted by Crippen LogP contribution is 2.72. The third kappa shape index (κ3) is 9.77. The molecule has 428 valence electrons. The molecular formula is C65H82N4O9S2. The summed E-state index contributed by atoms with van der Waals surface area (Å²) >= 11 is 0. The van der Waals surface area contributed by atoms with E-state index in [4.69, 9.17) is 9.47 Å². The van der Waals surface area contributed by atoms with Crippen LogP contribution in [0.5, 0.6) is 0 Å². The average Bonchev–Trinajstić information content (AvgIpc) is 4.39. The molecule has 14 aliphatic rings. The molecule has 15 heteroatoms. The van der Waals surface area contributed by atoms with E-state index in [1.807, 2.05) is 10.8 Å². The van der Waals surface area contributed by atoms with Crippen LogP contribution >= 0.6 is 21.6 Å². The number of cyclic esters (lactones) is 1. The molecule has 6 N–H and O–H groups in total. The molecule has 1 saturated heterocycles. The molecule has 0 aromatic heterocycles. The molecule has 80 heavy (non-hydrogen) atoms. The topological polar surface area (TPSA) is 187 Å². The summed E-state index contributed by atoms with van der Waals surface area (Å²) in [4.78, 5) is 59.3. The van der Waals surface area contributed by atoms with Crippen molar-refractivity contribution in [2.75, 3.05) is 38.7 Å². The van der Waals surface area contributed by atoms with Crippen LogP contribution in [0.15, 0.2) is 93.8 Å². The lowest BCUT2D eigenvalue weighted by Crippen LogP contribution is -2.54. The quantitative estimate of drug-likeness (QED) is 0.0378. The van der Waals surface area contributed by atoms with Gasteiger partial charge in [-0.15, -0.1) is 0 Å². The molecule has 5 aliphatic heterocycles. The van der Waals surface area contributed by atoms with E-state index in [1.54, 1.807) is 10.8 Å². The monoisotopic (exact) mass is 1130 g/mol. The molecular weight excluding hydrogens is 1040 g/mol. The van der Waals surface area contributed by atoms with Gasteiger partial charge in [0.05, 0.1) is 40.8 Å². The Bertz CT molecular complexity index is 2820. The van der Waals surface area contributed by atoms with Crippen molar-refractivity contribution >= 4 is 45.3 Å². The molecule has 1 spiro atoms.